The number of rotatable bonds is 3. The van der Waals surface area contributed by atoms with Crippen LogP contribution in [0.4, 0.5) is 22.0 Å². The van der Waals surface area contributed by atoms with Crippen LogP contribution >= 0.6 is 15.9 Å². The van der Waals surface area contributed by atoms with Crippen LogP contribution in [0.5, 0.6) is 11.8 Å². The van der Waals surface area contributed by atoms with Gasteiger partial charge in [-0.05, 0) is 15.9 Å². The summed E-state index contributed by atoms with van der Waals surface area (Å²) in [5.74, 6) is -2.19. The molecule has 1 heterocycles. The first-order valence-electron chi connectivity index (χ1n) is 5.04. The Balaban J connectivity index is 2.29. The molecule has 0 radical (unpaired) electrons. The number of halogens is 6. The summed E-state index contributed by atoms with van der Waals surface area (Å²) in [5.41, 5.74) is 0. The van der Waals surface area contributed by atoms with Gasteiger partial charge in [0.2, 0.25) is 4.73 Å². The SMILES string of the molecule is Fc1cc(F)cc(Oc2nc(Br)nn2CC(F)(F)F)c1. The fourth-order valence-electron chi connectivity index (χ4n) is 1.34. The van der Waals surface area contributed by atoms with E-state index in [9.17, 15) is 22.0 Å². The summed E-state index contributed by atoms with van der Waals surface area (Å²) >= 11 is 2.79. The van der Waals surface area contributed by atoms with Gasteiger partial charge < -0.3 is 4.74 Å². The van der Waals surface area contributed by atoms with E-state index in [0.717, 1.165) is 12.1 Å². The van der Waals surface area contributed by atoms with Crippen LogP contribution in [0.3, 0.4) is 0 Å². The zero-order valence-electron chi connectivity index (χ0n) is 9.46. The number of aromatic nitrogens is 3. The van der Waals surface area contributed by atoms with Crippen LogP contribution in [0, 0.1) is 11.6 Å². The van der Waals surface area contributed by atoms with Crippen LogP contribution in [-0.2, 0) is 6.54 Å². The van der Waals surface area contributed by atoms with Gasteiger partial charge >= 0.3 is 12.2 Å². The Morgan fingerprint density at radius 3 is 2.30 bits per heavy atom. The van der Waals surface area contributed by atoms with Gasteiger partial charge in [-0.25, -0.2) is 13.5 Å². The van der Waals surface area contributed by atoms with Crippen LogP contribution in [0.2, 0.25) is 0 Å². The van der Waals surface area contributed by atoms with Gasteiger partial charge in [0.15, 0.2) is 0 Å². The Kier molecular flexibility index (Phi) is 3.93. The number of ether oxygens (including phenoxy) is 1. The van der Waals surface area contributed by atoms with Crippen LogP contribution in [0.15, 0.2) is 22.9 Å². The number of hydrogen-bond donors (Lipinski definition) is 0. The number of benzene rings is 1. The second-order valence-corrected chi connectivity index (χ2v) is 4.35. The summed E-state index contributed by atoms with van der Waals surface area (Å²) in [6, 6.07) is 1.68. The standard InChI is InChI=1S/C10H5BrF5N3O/c11-8-17-9(19(18-8)4-10(14,15)16)20-7-2-5(12)1-6(13)3-7/h1-3H,4H2. The number of alkyl halides is 3. The summed E-state index contributed by atoms with van der Waals surface area (Å²) in [7, 11) is 0. The third-order valence-electron chi connectivity index (χ3n) is 1.99. The monoisotopic (exact) mass is 357 g/mol. The molecule has 20 heavy (non-hydrogen) atoms. The van der Waals surface area contributed by atoms with Crippen molar-refractivity contribution in [3.63, 3.8) is 0 Å². The third-order valence-corrected chi connectivity index (χ3v) is 2.32. The molecule has 4 nitrogen and oxygen atoms in total. The molecule has 0 atom stereocenters. The highest BCUT2D eigenvalue weighted by atomic mass is 79.9. The van der Waals surface area contributed by atoms with Gasteiger partial charge in [-0.15, -0.1) is 5.10 Å². The quantitative estimate of drug-likeness (QED) is 0.787. The predicted octanol–water partition coefficient (Wildman–Crippen LogP) is 3.67. The fourth-order valence-corrected chi connectivity index (χ4v) is 1.69. The molecule has 1 aromatic carbocycles. The Morgan fingerprint density at radius 2 is 1.75 bits per heavy atom. The topological polar surface area (TPSA) is 39.9 Å². The van der Waals surface area contributed by atoms with E-state index in [2.05, 4.69) is 26.0 Å². The van der Waals surface area contributed by atoms with Crippen molar-refractivity contribution in [1.82, 2.24) is 14.8 Å². The van der Waals surface area contributed by atoms with Crippen molar-refractivity contribution in [3.8, 4) is 11.8 Å². The Bertz CT molecular complexity index is 608. The molecule has 0 aliphatic rings. The average Bonchev–Trinajstić information content (AvgIpc) is 2.54. The van der Waals surface area contributed by atoms with Crippen molar-refractivity contribution >= 4 is 15.9 Å². The van der Waals surface area contributed by atoms with Crippen LogP contribution in [0.1, 0.15) is 0 Å². The number of nitrogens with zero attached hydrogens (tertiary/aromatic N) is 3. The van der Waals surface area contributed by atoms with Crippen LogP contribution in [-0.4, -0.2) is 20.9 Å². The molecule has 108 valence electrons. The molecule has 0 fully saturated rings. The molecule has 0 saturated carbocycles. The zero-order chi connectivity index (χ0) is 14.9. The van der Waals surface area contributed by atoms with Crippen molar-refractivity contribution in [2.24, 2.45) is 0 Å². The van der Waals surface area contributed by atoms with Gasteiger partial charge in [0.1, 0.15) is 23.9 Å². The average molecular weight is 358 g/mol. The van der Waals surface area contributed by atoms with Gasteiger partial charge in [0.05, 0.1) is 0 Å². The van der Waals surface area contributed by atoms with Gasteiger partial charge in [-0.3, -0.25) is 0 Å². The summed E-state index contributed by atoms with van der Waals surface area (Å²) in [6.45, 7) is -1.45. The van der Waals surface area contributed by atoms with E-state index in [4.69, 9.17) is 4.74 Å². The van der Waals surface area contributed by atoms with Gasteiger partial charge in [0, 0.05) is 18.2 Å². The second-order valence-electron chi connectivity index (χ2n) is 3.64. The highest BCUT2D eigenvalue weighted by Gasteiger charge is 2.31. The lowest BCUT2D eigenvalue weighted by atomic mass is 10.3. The van der Waals surface area contributed by atoms with Crippen molar-refractivity contribution in [1.29, 1.82) is 0 Å². The van der Waals surface area contributed by atoms with Crippen molar-refractivity contribution < 1.29 is 26.7 Å². The van der Waals surface area contributed by atoms with E-state index in [1.165, 1.54) is 0 Å². The van der Waals surface area contributed by atoms with Crippen molar-refractivity contribution in [3.05, 3.63) is 34.6 Å². The Morgan fingerprint density at radius 1 is 1.15 bits per heavy atom. The first-order valence-corrected chi connectivity index (χ1v) is 5.83. The second kappa shape index (κ2) is 5.35. The largest absolute Gasteiger partial charge is 0.424 e. The molecule has 0 amide bonds. The van der Waals surface area contributed by atoms with Gasteiger partial charge in [0.25, 0.3) is 0 Å². The Labute approximate surface area is 117 Å². The molecule has 2 aromatic rings. The maximum atomic E-state index is 13.0. The fraction of sp³-hybridized carbons (Fsp3) is 0.200. The Hall–Kier alpha value is -1.71. The van der Waals surface area contributed by atoms with E-state index >= 15 is 0 Å². The summed E-state index contributed by atoms with van der Waals surface area (Å²) in [4.78, 5) is 3.55. The maximum absolute atomic E-state index is 13.0. The van der Waals surface area contributed by atoms with E-state index in [-0.39, 0.29) is 10.5 Å². The third kappa shape index (κ3) is 3.89. The molecule has 10 heteroatoms. The molecule has 0 saturated heterocycles. The van der Waals surface area contributed by atoms with Crippen LogP contribution in [0.25, 0.3) is 0 Å². The van der Waals surface area contributed by atoms with E-state index in [1.54, 1.807) is 0 Å². The van der Waals surface area contributed by atoms with E-state index < -0.39 is 30.4 Å². The minimum atomic E-state index is -4.54. The number of hydrogen-bond acceptors (Lipinski definition) is 3. The van der Waals surface area contributed by atoms with E-state index in [0.29, 0.717) is 10.7 Å². The molecule has 2 rings (SSSR count). The summed E-state index contributed by atoms with van der Waals surface area (Å²) < 4.78 is 68.1. The summed E-state index contributed by atoms with van der Waals surface area (Å²) in [6.07, 6.45) is -4.54. The summed E-state index contributed by atoms with van der Waals surface area (Å²) in [5, 5.41) is 3.43. The molecule has 1 aromatic heterocycles. The van der Waals surface area contributed by atoms with Crippen molar-refractivity contribution in [2.45, 2.75) is 12.7 Å². The molecule has 0 unspecified atom stereocenters. The predicted molar refractivity (Wildman–Crippen MR) is 60.2 cm³/mol. The minimum absolute atomic E-state index is 0.145. The molecular formula is C10H5BrF5N3O. The normalized spacial score (nSPS) is 11.7. The molecular weight excluding hydrogens is 353 g/mol. The first-order chi connectivity index (χ1) is 9.23. The molecule has 0 spiro atoms. The molecule has 0 N–H and O–H groups in total. The highest BCUT2D eigenvalue weighted by molar-refractivity contribution is 9.10. The lowest BCUT2D eigenvalue weighted by molar-refractivity contribution is -0.143. The molecule has 0 aliphatic heterocycles. The smallest absolute Gasteiger partial charge is 0.408 e. The van der Waals surface area contributed by atoms with Gasteiger partial charge in [-0.2, -0.15) is 18.2 Å². The zero-order valence-corrected chi connectivity index (χ0v) is 11.0. The van der Waals surface area contributed by atoms with Crippen LogP contribution < -0.4 is 4.74 Å². The maximum Gasteiger partial charge on any atom is 0.408 e. The van der Waals surface area contributed by atoms with Gasteiger partial charge in [-0.1, -0.05) is 0 Å². The first kappa shape index (κ1) is 14.7. The van der Waals surface area contributed by atoms with Crippen molar-refractivity contribution in [2.75, 3.05) is 0 Å². The molecule has 0 bridgehead atoms. The molecule has 0 aliphatic carbocycles. The lowest BCUT2D eigenvalue weighted by Gasteiger charge is -2.09. The highest BCUT2D eigenvalue weighted by Crippen LogP contribution is 2.26. The van der Waals surface area contributed by atoms with E-state index in [1.807, 2.05) is 0 Å². The minimum Gasteiger partial charge on any atom is -0.424 e. The lowest BCUT2D eigenvalue weighted by Crippen LogP contribution is -2.19.